The van der Waals surface area contributed by atoms with Gasteiger partial charge in [0.15, 0.2) is 0 Å². The molecular formula is C18H26BrNO. The van der Waals surface area contributed by atoms with Crippen LogP contribution in [0.3, 0.4) is 0 Å². The summed E-state index contributed by atoms with van der Waals surface area (Å²) in [6, 6.07) is 5.05. The van der Waals surface area contributed by atoms with Crippen LogP contribution in [0.15, 0.2) is 16.6 Å². The van der Waals surface area contributed by atoms with E-state index >= 15 is 0 Å². The van der Waals surface area contributed by atoms with Crippen molar-refractivity contribution in [3.05, 3.63) is 27.7 Å². The van der Waals surface area contributed by atoms with Crippen molar-refractivity contribution in [3.8, 4) is 5.75 Å². The van der Waals surface area contributed by atoms with Crippen molar-refractivity contribution in [1.29, 1.82) is 0 Å². The largest absolute Gasteiger partial charge is 0.493 e. The average Bonchev–Trinajstić information content (AvgIpc) is 3.06. The summed E-state index contributed by atoms with van der Waals surface area (Å²) in [5.41, 5.74) is 2.75. The number of hydrogen-bond donors (Lipinski definition) is 1. The Labute approximate surface area is 136 Å². The van der Waals surface area contributed by atoms with E-state index in [1.807, 2.05) is 0 Å². The van der Waals surface area contributed by atoms with Gasteiger partial charge in [0.1, 0.15) is 5.75 Å². The van der Waals surface area contributed by atoms with Gasteiger partial charge < -0.3 is 10.1 Å². The molecule has 0 amide bonds. The smallest absolute Gasteiger partial charge is 0.125 e. The minimum absolute atomic E-state index is 0.579. The van der Waals surface area contributed by atoms with Crippen LogP contribution in [0.5, 0.6) is 5.75 Å². The molecule has 1 fully saturated rings. The Bertz CT molecular complexity index is 502. The Morgan fingerprint density at radius 2 is 2.24 bits per heavy atom. The fourth-order valence-corrected chi connectivity index (χ4v) is 4.70. The second kappa shape index (κ2) is 6.70. The molecule has 1 aliphatic heterocycles. The van der Waals surface area contributed by atoms with E-state index in [9.17, 15) is 0 Å². The van der Waals surface area contributed by atoms with E-state index in [4.69, 9.17) is 4.74 Å². The summed E-state index contributed by atoms with van der Waals surface area (Å²) < 4.78 is 7.10. The summed E-state index contributed by atoms with van der Waals surface area (Å²) >= 11 is 3.66. The van der Waals surface area contributed by atoms with Crippen LogP contribution in [0.4, 0.5) is 0 Å². The van der Waals surface area contributed by atoms with Crippen LogP contribution < -0.4 is 10.1 Å². The Balaban J connectivity index is 1.83. The zero-order valence-electron chi connectivity index (χ0n) is 13.1. The van der Waals surface area contributed by atoms with Gasteiger partial charge in [-0.05, 0) is 54.5 Å². The molecular weight excluding hydrogens is 326 g/mol. The molecule has 1 aromatic rings. The number of fused-ring (bicyclic) bond motifs is 1. The number of rotatable bonds is 5. The standard InChI is InChI=1S/C18H26BrNO/c1-3-20-17(16-6-4-5-12(16)2)11-14-10-15(19)9-13-7-8-21-18(13)14/h9-10,12,16-17,20H,3-8,11H2,1-2H3. The van der Waals surface area contributed by atoms with Gasteiger partial charge in [-0.2, -0.15) is 0 Å². The third kappa shape index (κ3) is 3.29. The van der Waals surface area contributed by atoms with Gasteiger partial charge in [-0.25, -0.2) is 0 Å². The first-order chi connectivity index (χ1) is 10.2. The highest BCUT2D eigenvalue weighted by Crippen LogP contribution is 2.38. The number of likely N-dealkylation sites (N-methyl/N-ethyl adjacent to an activating group) is 1. The maximum atomic E-state index is 5.90. The number of ether oxygens (including phenoxy) is 1. The fourth-order valence-electron chi connectivity index (χ4n) is 4.14. The highest BCUT2D eigenvalue weighted by atomic mass is 79.9. The van der Waals surface area contributed by atoms with Gasteiger partial charge in [0, 0.05) is 16.9 Å². The number of nitrogens with one attached hydrogen (secondary N) is 1. The van der Waals surface area contributed by atoms with E-state index in [0.717, 1.165) is 43.6 Å². The summed E-state index contributed by atoms with van der Waals surface area (Å²) in [5.74, 6) is 2.81. The molecule has 1 saturated carbocycles. The van der Waals surface area contributed by atoms with Crippen LogP contribution in [0.1, 0.15) is 44.2 Å². The first-order valence-electron chi connectivity index (χ1n) is 8.36. The fraction of sp³-hybridized carbons (Fsp3) is 0.667. The molecule has 2 aliphatic rings. The molecule has 3 unspecified atom stereocenters. The lowest BCUT2D eigenvalue weighted by Gasteiger charge is -2.28. The average molecular weight is 352 g/mol. The summed E-state index contributed by atoms with van der Waals surface area (Å²) in [6.45, 7) is 6.52. The third-order valence-corrected chi connectivity index (χ3v) is 5.63. The number of benzene rings is 1. The Morgan fingerprint density at radius 3 is 2.95 bits per heavy atom. The van der Waals surface area contributed by atoms with Gasteiger partial charge in [0.05, 0.1) is 6.61 Å². The molecule has 3 rings (SSSR count). The molecule has 0 radical (unpaired) electrons. The van der Waals surface area contributed by atoms with Crippen molar-refractivity contribution in [2.75, 3.05) is 13.2 Å². The molecule has 2 nitrogen and oxygen atoms in total. The van der Waals surface area contributed by atoms with Gasteiger partial charge in [0.25, 0.3) is 0 Å². The third-order valence-electron chi connectivity index (χ3n) is 5.18. The summed E-state index contributed by atoms with van der Waals surface area (Å²) in [6.07, 6.45) is 6.29. The summed E-state index contributed by atoms with van der Waals surface area (Å²) in [7, 11) is 0. The van der Waals surface area contributed by atoms with Gasteiger partial charge in [-0.15, -0.1) is 0 Å². The Kier molecular flexibility index (Phi) is 4.90. The molecule has 1 aromatic carbocycles. The molecule has 0 saturated heterocycles. The van der Waals surface area contributed by atoms with Crippen LogP contribution in [0.25, 0.3) is 0 Å². The van der Waals surface area contributed by atoms with Crippen LogP contribution in [-0.4, -0.2) is 19.2 Å². The van der Waals surface area contributed by atoms with Crippen LogP contribution >= 0.6 is 15.9 Å². The van der Waals surface area contributed by atoms with E-state index in [-0.39, 0.29) is 0 Å². The van der Waals surface area contributed by atoms with E-state index in [0.29, 0.717) is 6.04 Å². The van der Waals surface area contributed by atoms with Gasteiger partial charge in [-0.3, -0.25) is 0 Å². The molecule has 0 bridgehead atoms. The Morgan fingerprint density at radius 1 is 1.38 bits per heavy atom. The van der Waals surface area contributed by atoms with E-state index in [1.54, 1.807) is 0 Å². The van der Waals surface area contributed by atoms with Crippen LogP contribution in [0, 0.1) is 11.8 Å². The van der Waals surface area contributed by atoms with Crippen LogP contribution in [0.2, 0.25) is 0 Å². The maximum Gasteiger partial charge on any atom is 0.125 e. The van der Waals surface area contributed by atoms with Crippen molar-refractivity contribution in [1.82, 2.24) is 5.32 Å². The second-order valence-corrected chi connectivity index (χ2v) is 7.51. The molecule has 0 aromatic heterocycles. The minimum Gasteiger partial charge on any atom is -0.493 e. The minimum atomic E-state index is 0.579. The highest BCUT2D eigenvalue weighted by molar-refractivity contribution is 9.10. The summed E-state index contributed by atoms with van der Waals surface area (Å²) in [5, 5.41) is 3.74. The molecule has 116 valence electrons. The lowest BCUT2D eigenvalue weighted by atomic mass is 9.86. The molecule has 3 heteroatoms. The number of halogens is 1. The van der Waals surface area contributed by atoms with Crippen molar-refractivity contribution in [2.45, 2.75) is 52.0 Å². The molecule has 1 N–H and O–H groups in total. The zero-order chi connectivity index (χ0) is 14.8. The molecule has 0 spiro atoms. The molecule has 21 heavy (non-hydrogen) atoms. The summed E-state index contributed by atoms with van der Waals surface area (Å²) in [4.78, 5) is 0. The van der Waals surface area contributed by atoms with Gasteiger partial charge in [-0.1, -0.05) is 42.6 Å². The van der Waals surface area contributed by atoms with Crippen molar-refractivity contribution in [3.63, 3.8) is 0 Å². The normalized spacial score (nSPS) is 25.7. The zero-order valence-corrected chi connectivity index (χ0v) is 14.7. The van der Waals surface area contributed by atoms with Crippen molar-refractivity contribution >= 4 is 15.9 Å². The second-order valence-electron chi connectivity index (χ2n) is 6.59. The molecule has 1 heterocycles. The molecule has 3 atom stereocenters. The lowest BCUT2D eigenvalue weighted by molar-refractivity contribution is 0.294. The SMILES string of the molecule is CCNC(Cc1cc(Br)cc2c1OCC2)C1CCCC1C. The van der Waals surface area contributed by atoms with E-state index < -0.39 is 0 Å². The highest BCUT2D eigenvalue weighted by Gasteiger charge is 2.31. The predicted octanol–water partition coefficient (Wildman–Crippen LogP) is 4.34. The lowest BCUT2D eigenvalue weighted by Crippen LogP contribution is -2.39. The van der Waals surface area contributed by atoms with E-state index in [1.165, 1.54) is 34.9 Å². The van der Waals surface area contributed by atoms with Gasteiger partial charge >= 0.3 is 0 Å². The van der Waals surface area contributed by atoms with Crippen molar-refractivity contribution in [2.24, 2.45) is 11.8 Å². The van der Waals surface area contributed by atoms with Crippen LogP contribution in [-0.2, 0) is 12.8 Å². The Hall–Kier alpha value is -0.540. The van der Waals surface area contributed by atoms with Crippen molar-refractivity contribution < 1.29 is 4.74 Å². The first-order valence-corrected chi connectivity index (χ1v) is 9.15. The monoisotopic (exact) mass is 351 g/mol. The maximum absolute atomic E-state index is 5.90. The predicted molar refractivity (Wildman–Crippen MR) is 91.0 cm³/mol. The quantitative estimate of drug-likeness (QED) is 0.851. The van der Waals surface area contributed by atoms with E-state index in [2.05, 4.69) is 47.2 Å². The van der Waals surface area contributed by atoms with Gasteiger partial charge in [0.2, 0.25) is 0 Å². The molecule has 1 aliphatic carbocycles. The topological polar surface area (TPSA) is 21.3 Å². The first kappa shape index (κ1) is 15.4. The number of hydrogen-bond acceptors (Lipinski definition) is 2.